The molecule has 1 aliphatic carbocycles. The molecule has 2 aliphatic rings. The van der Waals surface area contributed by atoms with Crippen molar-refractivity contribution >= 4 is 5.78 Å². The number of ketones is 1. The van der Waals surface area contributed by atoms with Crippen LogP contribution in [0.15, 0.2) is 24.3 Å². The summed E-state index contributed by atoms with van der Waals surface area (Å²) in [5, 5.41) is 3.33. The van der Waals surface area contributed by atoms with Crippen LogP contribution in [0, 0.1) is 0 Å². The summed E-state index contributed by atoms with van der Waals surface area (Å²) in [6.07, 6.45) is 2.37. The third kappa shape index (κ3) is 2.47. The third-order valence-electron chi connectivity index (χ3n) is 3.91. The maximum absolute atomic E-state index is 12.0. The maximum Gasteiger partial charge on any atom is 0.135 e. The number of ether oxygens (including phenoxy) is 1. The average molecular weight is 245 g/mol. The molecule has 0 saturated carbocycles. The summed E-state index contributed by atoms with van der Waals surface area (Å²) in [7, 11) is 0. The first-order valence-electron chi connectivity index (χ1n) is 6.73. The predicted octanol–water partition coefficient (Wildman–Crippen LogP) is 1.66. The molecule has 96 valence electrons. The van der Waals surface area contributed by atoms with Crippen LogP contribution in [0.5, 0.6) is 0 Å². The zero-order chi connectivity index (χ0) is 12.4. The Kier molecular flexibility index (Phi) is 3.43. The van der Waals surface area contributed by atoms with E-state index in [1.54, 1.807) is 0 Å². The monoisotopic (exact) mass is 245 g/mol. The van der Waals surface area contributed by atoms with Crippen LogP contribution in [0.2, 0.25) is 0 Å². The Balaban J connectivity index is 1.50. The van der Waals surface area contributed by atoms with Gasteiger partial charge in [0.15, 0.2) is 0 Å². The highest BCUT2D eigenvalue weighted by Crippen LogP contribution is 2.37. The molecule has 2 unspecified atom stereocenters. The molecule has 3 nitrogen and oxygen atoms in total. The van der Waals surface area contributed by atoms with Crippen LogP contribution in [0.1, 0.15) is 29.9 Å². The summed E-state index contributed by atoms with van der Waals surface area (Å²) in [5.74, 6) is 0.815. The van der Waals surface area contributed by atoms with Crippen molar-refractivity contribution < 1.29 is 9.53 Å². The second-order valence-corrected chi connectivity index (χ2v) is 5.27. The molecule has 0 spiro atoms. The number of Topliss-reactive ketones (excluding diaryl/α,β-unsaturated/α-hetero) is 1. The van der Waals surface area contributed by atoms with Crippen LogP contribution in [0.4, 0.5) is 0 Å². The summed E-state index contributed by atoms with van der Waals surface area (Å²) in [6, 6.07) is 8.67. The molecule has 0 amide bonds. The fourth-order valence-electron chi connectivity index (χ4n) is 2.93. The summed E-state index contributed by atoms with van der Waals surface area (Å²) in [5.41, 5.74) is 2.79. The van der Waals surface area contributed by atoms with E-state index < -0.39 is 0 Å². The maximum atomic E-state index is 12.0. The Hall–Kier alpha value is -1.19. The third-order valence-corrected chi connectivity index (χ3v) is 3.91. The zero-order valence-corrected chi connectivity index (χ0v) is 10.5. The van der Waals surface area contributed by atoms with Crippen LogP contribution in [-0.4, -0.2) is 31.6 Å². The van der Waals surface area contributed by atoms with Crippen molar-refractivity contribution in [2.45, 2.75) is 31.2 Å². The quantitative estimate of drug-likeness (QED) is 0.877. The van der Waals surface area contributed by atoms with Crippen molar-refractivity contribution in [3.05, 3.63) is 35.4 Å². The minimum Gasteiger partial charge on any atom is -0.379 e. The van der Waals surface area contributed by atoms with Crippen LogP contribution in [-0.2, 0) is 16.0 Å². The zero-order valence-electron chi connectivity index (χ0n) is 10.5. The highest BCUT2D eigenvalue weighted by Gasteiger charge is 2.28. The molecular formula is C15H19NO2. The molecule has 1 aromatic carbocycles. The Morgan fingerprint density at radius 2 is 2.22 bits per heavy atom. The summed E-state index contributed by atoms with van der Waals surface area (Å²) < 4.78 is 5.37. The van der Waals surface area contributed by atoms with Gasteiger partial charge in [-0.25, -0.2) is 0 Å². The molecule has 3 rings (SSSR count). The van der Waals surface area contributed by atoms with Crippen molar-refractivity contribution in [1.82, 2.24) is 5.32 Å². The Morgan fingerprint density at radius 1 is 1.33 bits per heavy atom. The smallest absolute Gasteiger partial charge is 0.135 e. The van der Waals surface area contributed by atoms with E-state index >= 15 is 0 Å². The normalized spacial score (nSPS) is 26.2. The molecule has 2 atom stereocenters. The molecule has 1 heterocycles. The SMILES string of the molecule is O=C(CC1COCCN1)CC1Cc2ccccc21. The number of hydrogen-bond donors (Lipinski definition) is 1. The van der Waals surface area contributed by atoms with E-state index in [4.69, 9.17) is 4.74 Å². The number of morpholine rings is 1. The van der Waals surface area contributed by atoms with Crippen LogP contribution in [0.3, 0.4) is 0 Å². The molecule has 3 heteroatoms. The Bertz CT molecular complexity index is 438. The molecule has 1 fully saturated rings. The number of rotatable bonds is 4. The summed E-state index contributed by atoms with van der Waals surface area (Å²) in [6.45, 7) is 2.30. The number of nitrogens with one attached hydrogen (secondary N) is 1. The Labute approximate surface area is 108 Å². The lowest BCUT2D eigenvalue weighted by Gasteiger charge is -2.30. The first-order valence-corrected chi connectivity index (χ1v) is 6.73. The second kappa shape index (κ2) is 5.21. The van der Waals surface area contributed by atoms with Gasteiger partial charge in [-0.15, -0.1) is 0 Å². The van der Waals surface area contributed by atoms with Crippen molar-refractivity contribution in [3.63, 3.8) is 0 Å². The van der Waals surface area contributed by atoms with Crippen molar-refractivity contribution in [1.29, 1.82) is 0 Å². The highest BCUT2D eigenvalue weighted by atomic mass is 16.5. The van der Waals surface area contributed by atoms with E-state index in [9.17, 15) is 4.79 Å². The summed E-state index contributed by atoms with van der Waals surface area (Å²) >= 11 is 0. The Morgan fingerprint density at radius 3 is 3.00 bits per heavy atom. The molecule has 18 heavy (non-hydrogen) atoms. The van der Waals surface area contributed by atoms with Gasteiger partial charge in [-0.05, 0) is 23.5 Å². The fraction of sp³-hybridized carbons (Fsp3) is 0.533. The van der Waals surface area contributed by atoms with E-state index in [1.807, 2.05) is 0 Å². The highest BCUT2D eigenvalue weighted by molar-refractivity contribution is 5.80. The van der Waals surface area contributed by atoms with Gasteiger partial charge in [0.25, 0.3) is 0 Å². The minimum absolute atomic E-state index is 0.224. The molecule has 0 radical (unpaired) electrons. The molecular weight excluding hydrogens is 226 g/mol. The number of benzene rings is 1. The minimum atomic E-state index is 0.224. The van der Waals surface area contributed by atoms with E-state index in [0.717, 1.165) is 19.6 Å². The average Bonchev–Trinajstić information content (AvgIpc) is 2.37. The number of fused-ring (bicyclic) bond motifs is 1. The van der Waals surface area contributed by atoms with Gasteiger partial charge in [0, 0.05) is 25.4 Å². The van der Waals surface area contributed by atoms with E-state index in [1.165, 1.54) is 11.1 Å². The van der Waals surface area contributed by atoms with Gasteiger partial charge in [-0.1, -0.05) is 24.3 Å². The lowest BCUT2D eigenvalue weighted by atomic mass is 9.74. The van der Waals surface area contributed by atoms with Gasteiger partial charge in [0.1, 0.15) is 5.78 Å². The largest absolute Gasteiger partial charge is 0.379 e. The van der Waals surface area contributed by atoms with Crippen LogP contribution >= 0.6 is 0 Å². The lowest BCUT2D eigenvalue weighted by molar-refractivity contribution is -0.120. The lowest BCUT2D eigenvalue weighted by Crippen LogP contribution is -2.42. The second-order valence-electron chi connectivity index (χ2n) is 5.27. The number of carbonyl (C=O) groups is 1. The molecule has 1 aliphatic heterocycles. The topological polar surface area (TPSA) is 38.3 Å². The van der Waals surface area contributed by atoms with Gasteiger partial charge in [0.05, 0.1) is 13.2 Å². The van der Waals surface area contributed by atoms with Crippen molar-refractivity contribution in [2.75, 3.05) is 19.8 Å². The van der Waals surface area contributed by atoms with Crippen LogP contribution < -0.4 is 5.32 Å². The van der Waals surface area contributed by atoms with Crippen molar-refractivity contribution in [2.24, 2.45) is 0 Å². The molecule has 0 aromatic heterocycles. The first kappa shape index (κ1) is 11.9. The standard InChI is InChI=1S/C15H19NO2/c17-14(9-13-10-18-6-5-16-13)8-12-7-11-3-1-2-4-15(11)12/h1-4,12-13,16H,5-10H2. The number of carbonyl (C=O) groups excluding carboxylic acids is 1. The fourth-order valence-corrected chi connectivity index (χ4v) is 2.93. The van der Waals surface area contributed by atoms with Gasteiger partial charge in [-0.2, -0.15) is 0 Å². The number of hydrogen-bond acceptors (Lipinski definition) is 3. The summed E-state index contributed by atoms with van der Waals surface area (Å²) in [4.78, 5) is 12.0. The van der Waals surface area contributed by atoms with Gasteiger partial charge < -0.3 is 10.1 Å². The molecule has 1 N–H and O–H groups in total. The van der Waals surface area contributed by atoms with Gasteiger partial charge in [0.2, 0.25) is 0 Å². The predicted molar refractivity (Wildman–Crippen MR) is 69.7 cm³/mol. The van der Waals surface area contributed by atoms with E-state index in [2.05, 4.69) is 29.6 Å². The molecule has 0 bridgehead atoms. The first-order chi connectivity index (χ1) is 8.83. The molecule has 1 saturated heterocycles. The van der Waals surface area contributed by atoms with Crippen LogP contribution in [0.25, 0.3) is 0 Å². The molecule has 1 aromatic rings. The van der Waals surface area contributed by atoms with Gasteiger partial charge >= 0.3 is 0 Å². The van der Waals surface area contributed by atoms with Crippen molar-refractivity contribution in [3.8, 4) is 0 Å². The van der Waals surface area contributed by atoms with Gasteiger partial charge in [-0.3, -0.25) is 4.79 Å². The van der Waals surface area contributed by atoms with E-state index in [0.29, 0.717) is 31.1 Å². The van der Waals surface area contributed by atoms with E-state index in [-0.39, 0.29) is 6.04 Å².